The van der Waals surface area contributed by atoms with E-state index in [1.165, 1.54) is 29.2 Å². The molecule has 2 fully saturated rings. The summed E-state index contributed by atoms with van der Waals surface area (Å²) in [6, 6.07) is 20.5. The number of ether oxygens (including phenoxy) is 3. The zero-order valence-corrected chi connectivity index (χ0v) is 30.8. The van der Waals surface area contributed by atoms with Gasteiger partial charge in [0.2, 0.25) is 15.9 Å². The highest BCUT2D eigenvalue weighted by Crippen LogP contribution is 2.36. The van der Waals surface area contributed by atoms with Crippen molar-refractivity contribution in [1.29, 1.82) is 0 Å². The lowest BCUT2D eigenvalue weighted by Crippen LogP contribution is -2.58. The van der Waals surface area contributed by atoms with Crippen LogP contribution in [0.5, 0.6) is 17.2 Å². The van der Waals surface area contributed by atoms with Crippen molar-refractivity contribution in [1.82, 2.24) is 14.9 Å². The number of benzene rings is 4. The van der Waals surface area contributed by atoms with Gasteiger partial charge >= 0.3 is 6.09 Å². The normalized spacial score (nSPS) is 16.7. The first kappa shape index (κ1) is 38.0. The molecule has 1 aliphatic heterocycles. The number of halogens is 2. The largest absolute Gasteiger partial charge is 0.490 e. The molecule has 0 radical (unpaired) electrons. The fourth-order valence-electron chi connectivity index (χ4n) is 6.58. The van der Waals surface area contributed by atoms with Gasteiger partial charge in [0, 0.05) is 24.7 Å². The summed E-state index contributed by atoms with van der Waals surface area (Å²) in [5.74, 6) is -3.61. The second-order valence-corrected chi connectivity index (χ2v) is 16.3. The molecule has 2 aliphatic rings. The van der Waals surface area contributed by atoms with Gasteiger partial charge in [-0.3, -0.25) is 4.79 Å². The van der Waals surface area contributed by atoms with E-state index in [9.17, 15) is 18.0 Å². The summed E-state index contributed by atoms with van der Waals surface area (Å²) in [6.45, 7) is 5.23. The van der Waals surface area contributed by atoms with Crippen molar-refractivity contribution < 1.29 is 41.0 Å². The summed E-state index contributed by atoms with van der Waals surface area (Å²) in [7, 11) is -4.65. The third kappa shape index (κ3) is 9.63. The van der Waals surface area contributed by atoms with Gasteiger partial charge in [-0.05, 0) is 131 Å². The summed E-state index contributed by atoms with van der Waals surface area (Å²) < 4.78 is 80.2. The maximum absolute atomic E-state index is 16.6. The average molecular weight is 750 g/mol. The van der Waals surface area contributed by atoms with Gasteiger partial charge in [-0.25, -0.2) is 13.2 Å². The number of alkyl halides is 2. The van der Waals surface area contributed by atoms with Crippen LogP contribution < -0.4 is 19.5 Å². The van der Waals surface area contributed by atoms with E-state index in [2.05, 4.69) is 10.0 Å². The SMILES string of the molecule is CC(C)(C)OC(=O)NC1CCN(C(=O)C(NS(=O)(=O)c2ccc3cc(OC4CCCC4)ccc3c2)C(F)(F)c2ccc(Oc3ccccc3)cc2)CC1. The Hall–Kier alpha value is -4.75. The minimum atomic E-state index is -4.65. The molecular formula is C40H45F2N3O7S. The van der Waals surface area contributed by atoms with Crippen LogP contribution in [0.3, 0.4) is 0 Å². The predicted octanol–water partition coefficient (Wildman–Crippen LogP) is 7.91. The average Bonchev–Trinajstić information content (AvgIpc) is 3.63. The Labute approximate surface area is 308 Å². The highest BCUT2D eigenvalue weighted by atomic mass is 32.2. The molecule has 0 bridgehead atoms. The number of sulfonamides is 1. The number of likely N-dealkylation sites (tertiary alicyclic amines) is 1. The molecule has 1 saturated carbocycles. The van der Waals surface area contributed by atoms with Gasteiger partial charge in [0.05, 0.1) is 11.0 Å². The summed E-state index contributed by atoms with van der Waals surface area (Å²) in [5, 5.41) is 4.04. The van der Waals surface area contributed by atoms with Crippen LogP contribution in [0.2, 0.25) is 0 Å². The van der Waals surface area contributed by atoms with Gasteiger partial charge in [0.1, 0.15) is 22.8 Å². The van der Waals surface area contributed by atoms with Crippen molar-refractivity contribution in [2.45, 2.75) is 93.9 Å². The monoisotopic (exact) mass is 749 g/mol. The van der Waals surface area contributed by atoms with E-state index < -0.39 is 45.2 Å². The van der Waals surface area contributed by atoms with E-state index in [0.717, 1.165) is 43.2 Å². The third-order valence-corrected chi connectivity index (χ3v) is 10.7. The van der Waals surface area contributed by atoms with Gasteiger partial charge in [-0.2, -0.15) is 13.5 Å². The maximum atomic E-state index is 16.6. The van der Waals surface area contributed by atoms with Crippen molar-refractivity contribution in [2.75, 3.05) is 13.1 Å². The van der Waals surface area contributed by atoms with Crippen LogP contribution in [-0.2, 0) is 25.5 Å². The smallest absolute Gasteiger partial charge is 0.407 e. The van der Waals surface area contributed by atoms with Gasteiger partial charge < -0.3 is 24.4 Å². The number of nitrogens with one attached hydrogen (secondary N) is 2. The van der Waals surface area contributed by atoms with E-state index in [1.54, 1.807) is 63.2 Å². The van der Waals surface area contributed by atoms with E-state index >= 15 is 8.78 Å². The lowest BCUT2D eigenvalue weighted by atomic mass is 9.98. The number of piperidine rings is 1. The Morgan fingerprint density at radius 2 is 1.40 bits per heavy atom. The third-order valence-electron chi connectivity index (χ3n) is 9.33. The van der Waals surface area contributed by atoms with Crippen LogP contribution in [-0.4, -0.2) is 62.2 Å². The zero-order chi connectivity index (χ0) is 37.8. The number of hydrogen-bond acceptors (Lipinski definition) is 7. The number of rotatable bonds is 11. The molecule has 1 saturated heterocycles. The van der Waals surface area contributed by atoms with E-state index in [4.69, 9.17) is 14.2 Å². The molecule has 1 atom stereocenters. The predicted molar refractivity (Wildman–Crippen MR) is 197 cm³/mol. The minimum absolute atomic E-state index is 0.0126. The summed E-state index contributed by atoms with van der Waals surface area (Å²) in [5.41, 5.74) is -1.28. The molecule has 282 valence electrons. The van der Waals surface area contributed by atoms with Crippen LogP contribution in [0.4, 0.5) is 13.6 Å². The first-order valence-electron chi connectivity index (χ1n) is 17.9. The highest BCUT2D eigenvalue weighted by molar-refractivity contribution is 7.89. The lowest BCUT2D eigenvalue weighted by Gasteiger charge is -2.36. The first-order valence-corrected chi connectivity index (χ1v) is 19.4. The molecule has 0 spiro atoms. The molecule has 13 heteroatoms. The van der Waals surface area contributed by atoms with Crippen LogP contribution in [0.25, 0.3) is 10.8 Å². The molecule has 4 aromatic rings. The molecule has 2 amide bonds. The number of amides is 2. The van der Waals surface area contributed by atoms with Crippen molar-refractivity contribution in [3.8, 4) is 17.2 Å². The summed E-state index contributed by atoms with van der Waals surface area (Å²) in [4.78, 5) is 27.3. The van der Waals surface area contributed by atoms with Gasteiger partial charge in [-0.15, -0.1) is 0 Å². The second-order valence-electron chi connectivity index (χ2n) is 14.6. The van der Waals surface area contributed by atoms with Crippen LogP contribution in [0.15, 0.2) is 95.9 Å². The second kappa shape index (κ2) is 15.7. The van der Waals surface area contributed by atoms with Crippen LogP contribution in [0.1, 0.15) is 64.9 Å². The van der Waals surface area contributed by atoms with E-state index in [0.29, 0.717) is 16.9 Å². The highest BCUT2D eigenvalue weighted by Gasteiger charge is 2.50. The number of carbonyl (C=O) groups is 2. The number of carbonyl (C=O) groups excluding carboxylic acids is 2. The molecule has 6 rings (SSSR count). The van der Waals surface area contributed by atoms with E-state index in [-0.39, 0.29) is 48.7 Å². The number of nitrogens with zero attached hydrogens (tertiary/aromatic N) is 1. The molecule has 1 heterocycles. The Bertz CT molecular complexity index is 2010. The number of fused-ring (bicyclic) bond motifs is 1. The fraction of sp³-hybridized carbons (Fsp3) is 0.400. The Kier molecular flexibility index (Phi) is 11.2. The topological polar surface area (TPSA) is 123 Å². The summed E-state index contributed by atoms with van der Waals surface area (Å²) in [6.07, 6.45) is 4.26. The van der Waals surface area contributed by atoms with Crippen LogP contribution >= 0.6 is 0 Å². The minimum Gasteiger partial charge on any atom is -0.490 e. The van der Waals surface area contributed by atoms with Gasteiger partial charge in [-0.1, -0.05) is 30.3 Å². The quantitative estimate of drug-likeness (QED) is 0.160. The summed E-state index contributed by atoms with van der Waals surface area (Å²) >= 11 is 0. The van der Waals surface area contributed by atoms with Crippen molar-refractivity contribution >= 4 is 32.8 Å². The van der Waals surface area contributed by atoms with Crippen molar-refractivity contribution in [2.24, 2.45) is 0 Å². The molecular weight excluding hydrogens is 705 g/mol. The van der Waals surface area contributed by atoms with Gasteiger partial charge in [0.15, 0.2) is 6.04 Å². The standard InChI is InChI=1S/C40H45F2N3O7S/c1-39(2,3)52-38(47)43-30-21-23-45(24-22-30)37(46)36(40(41,42)29-15-18-33(19-16-29)50-31-9-5-4-6-10-31)44-53(48,49)35-20-14-27-25-34(17-13-28(27)26-35)51-32-11-7-8-12-32/h4-6,9-10,13-20,25-26,30,32,36,44H,7-8,11-12,21-24H2,1-3H3,(H,43,47). The molecule has 0 aromatic heterocycles. The molecule has 53 heavy (non-hydrogen) atoms. The number of para-hydroxylation sites is 1. The van der Waals surface area contributed by atoms with Crippen LogP contribution in [0, 0.1) is 0 Å². The molecule has 10 nitrogen and oxygen atoms in total. The zero-order valence-electron chi connectivity index (χ0n) is 30.0. The molecule has 2 N–H and O–H groups in total. The fourth-order valence-corrected chi connectivity index (χ4v) is 7.81. The number of hydrogen-bond donors (Lipinski definition) is 2. The Morgan fingerprint density at radius 1 is 0.792 bits per heavy atom. The molecule has 1 aliphatic carbocycles. The van der Waals surface area contributed by atoms with Gasteiger partial charge in [0.25, 0.3) is 5.92 Å². The number of alkyl carbamates (subject to hydrolysis) is 1. The Balaban J connectivity index is 1.23. The lowest BCUT2D eigenvalue weighted by molar-refractivity contribution is -0.145. The van der Waals surface area contributed by atoms with E-state index in [1.807, 2.05) is 12.1 Å². The maximum Gasteiger partial charge on any atom is 0.407 e. The first-order chi connectivity index (χ1) is 25.2. The molecule has 4 aromatic carbocycles. The van der Waals surface area contributed by atoms with Crippen molar-refractivity contribution in [3.63, 3.8) is 0 Å². The Morgan fingerprint density at radius 3 is 2.06 bits per heavy atom. The molecule has 1 unspecified atom stereocenters. The van der Waals surface area contributed by atoms with Crippen molar-refractivity contribution in [3.05, 3.63) is 96.6 Å².